The fourth-order valence-electron chi connectivity index (χ4n) is 6.13. The van der Waals surface area contributed by atoms with Crippen LogP contribution in [0.25, 0.3) is 11.3 Å². The smallest absolute Gasteiger partial charge is 0.227 e. The Balaban J connectivity index is 1.29. The molecule has 0 atom stereocenters. The zero-order valence-electron chi connectivity index (χ0n) is 23.6. The maximum absolute atomic E-state index is 15.1. The van der Waals surface area contributed by atoms with Crippen molar-refractivity contribution in [3.8, 4) is 17.0 Å². The number of piperidine rings is 1. The first kappa shape index (κ1) is 26.6. The van der Waals surface area contributed by atoms with Gasteiger partial charge in [-0.05, 0) is 71.5 Å². The van der Waals surface area contributed by atoms with Crippen LogP contribution in [0.2, 0.25) is 0 Å². The number of nitrogens with zero attached hydrogens (tertiary/aromatic N) is 5. The number of ether oxygens (including phenoxy) is 1. The summed E-state index contributed by atoms with van der Waals surface area (Å²) in [6, 6.07) is 7.99. The van der Waals surface area contributed by atoms with Crippen molar-refractivity contribution in [1.29, 1.82) is 0 Å². The monoisotopic (exact) mass is 549 g/mol. The minimum Gasteiger partial charge on any atom is -0.486 e. The Labute approximate surface area is 234 Å². The molecule has 0 unspecified atom stereocenters. The van der Waals surface area contributed by atoms with E-state index in [1.807, 2.05) is 13.8 Å². The molecule has 3 aromatic rings. The highest BCUT2D eigenvalue weighted by molar-refractivity contribution is 5.83. The Morgan fingerprint density at radius 3 is 2.62 bits per heavy atom. The second-order valence-electron chi connectivity index (χ2n) is 11.3. The summed E-state index contributed by atoms with van der Waals surface area (Å²) in [4.78, 5) is 15.6. The average molecular weight is 550 g/mol. The maximum atomic E-state index is 15.1. The molecule has 0 aliphatic carbocycles. The zero-order chi connectivity index (χ0) is 28.0. The van der Waals surface area contributed by atoms with Crippen LogP contribution in [0.4, 0.5) is 37.5 Å². The summed E-state index contributed by atoms with van der Waals surface area (Å²) in [7, 11) is 4.31. The normalized spacial score (nSPS) is 17.1. The van der Waals surface area contributed by atoms with Crippen LogP contribution in [0.15, 0.2) is 30.5 Å². The van der Waals surface area contributed by atoms with Gasteiger partial charge in [0.15, 0.2) is 17.4 Å². The molecule has 0 radical (unpaired) electrons. The quantitative estimate of drug-likeness (QED) is 0.431. The van der Waals surface area contributed by atoms with E-state index in [0.29, 0.717) is 30.4 Å². The molecule has 0 amide bonds. The van der Waals surface area contributed by atoms with Gasteiger partial charge in [0.05, 0.1) is 29.8 Å². The van der Waals surface area contributed by atoms with Crippen molar-refractivity contribution >= 4 is 28.7 Å². The van der Waals surface area contributed by atoms with Crippen molar-refractivity contribution in [2.75, 3.05) is 67.3 Å². The highest BCUT2D eigenvalue weighted by Crippen LogP contribution is 2.41. The molecule has 4 heterocycles. The first-order chi connectivity index (χ1) is 19.3. The number of halogens is 2. The molecule has 8 nitrogen and oxygen atoms in total. The molecule has 1 saturated heterocycles. The summed E-state index contributed by atoms with van der Waals surface area (Å²) < 4.78 is 35.7. The summed E-state index contributed by atoms with van der Waals surface area (Å²) >= 11 is 0. The van der Waals surface area contributed by atoms with Crippen LogP contribution in [0.1, 0.15) is 32.3 Å². The van der Waals surface area contributed by atoms with Gasteiger partial charge in [-0.15, -0.1) is 0 Å². The summed E-state index contributed by atoms with van der Waals surface area (Å²) in [5, 5.41) is 6.88. The molecule has 1 aromatic heterocycles. The Kier molecular flexibility index (Phi) is 7.12. The predicted molar refractivity (Wildman–Crippen MR) is 156 cm³/mol. The molecule has 3 aliphatic rings. The van der Waals surface area contributed by atoms with E-state index in [1.54, 1.807) is 6.07 Å². The van der Waals surface area contributed by atoms with Crippen LogP contribution in [0.5, 0.6) is 5.75 Å². The van der Waals surface area contributed by atoms with E-state index in [4.69, 9.17) is 4.74 Å². The Morgan fingerprint density at radius 2 is 1.88 bits per heavy atom. The third-order valence-electron chi connectivity index (χ3n) is 8.30. The Morgan fingerprint density at radius 1 is 1.07 bits per heavy atom. The average Bonchev–Trinajstić information content (AvgIpc) is 3.44. The van der Waals surface area contributed by atoms with Crippen LogP contribution >= 0.6 is 0 Å². The summed E-state index contributed by atoms with van der Waals surface area (Å²) in [6.07, 6.45) is 4.28. The highest BCUT2D eigenvalue weighted by atomic mass is 19.1. The zero-order valence-corrected chi connectivity index (χ0v) is 23.6. The van der Waals surface area contributed by atoms with E-state index < -0.39 is 11.6 Å². The summed E-state index contributed by atoms with van der Waals surface area (Å²) in [5.74, 6) is -0.675. The molecular formula is C30H37F2N7O. The van der Waals surface area contributed by atoms with E-state index in [0.717, 1.165) is 56.5 Å². The van der Waals surface area contributed by atoms with Gasteiger partial charge in [0.25, 0.3) is 0 Å². The van der Waals surface area contributed by atoms with Crippen molar-refractivity contribution in [2.45, 2.75) is 45.2 Å². The number of rotatable bonds is 6. The number of anilines is 5. The number of nitrogens with one attached hydrogen (secondary N) is 2. The number of aromatic nitrogens is 2. The van der Waals surface area contributed by atoms with Gasteiger partial charge in [-0.3, -0.25) is 0 Å². The molecule has 0 bridgehead atoms. The van der Waals surface area contributed by atoms with Gasteiger partial charge in [0, 0.05) is 48.5 Å². The van der Waals surface area contributed by atoms with E-state index in [-0.39, 0.29) is 23.4 Å². The lowest BCUT2D eigenvalue weighted by atomic mass is 10.0. The molecule has 0 saturated carbocycles. The second-order valence-corrected chi connectivity index (χ2v) is 11.3. The molecular weight excluding hydrogens is 512 g/mol. The first-order valence-electron chi connectivity index (χ1n) is 14.1. The van der Waals surface area contributed by atoms with Crippen LogP contribution in [-0.2, 0) is 6.42 Å². The van der Waals surface area contributed by atoms with E-state index in [1.165, 1.54) is 17.3 Å². The molecule has 3 aliphatic heterocycles. The van der Waals surface area contributed by atoms with Crippen LogP contribution in [0.3, 0.4) is 0 Å². The molecule has 0 spiro atoms. The maximum Gasteiger partial charge on any atom is 0.227 e. The van der Waals surface area contributed by atoms with Gasteiger partial charge < -0.3 is 30.1 Å². The SMILES string of the molecule is CC(C)N1CCOc2c(F)cc(-c3nc(Nc4ccc(N5CCC(N(C)C)CC5)c5c4CCN5)ncc3F)cc21. The predicted octanol–water partition coefficient (Wildman–Crippen LogP) is 5.27. The highest BCUT2D eigenvalue weighted by Gasteiger charge is 2.28. The molecule has 2 N–H and O–H groups in total. The number of hydrogen-bond donors (Lipinski definition) is 2. The van der Waals surface area contributed by atoms with Gasteiger partial charge in [0.2, 0.25) is 5.95 Å². The Hall–Kier alpha value is -3.66. The van der Waals surface area contributed by atoms with Crippen LogP contribution in [0, 0.1) is 11.6 Å². The first-order valence-corrected chi connectivity index (χ1v) is 14.1. The van der Waals surface area contributed by atoms with Crippen LogP contribution < -0.4 is 25.2 Å². The van der Waals surface area contributed by atoms with E-state index in [9.17, 15) is 0 Å². The summed E-state index contributed by atoms with van der Waals surface area (Å²) in [6.45, 7) is 8.01. The number of fused-ring (bicyclic) bond motifs is 2. The second kappa shape index (κ2) is 10.7. The van der Waals surface area contributed by atoms with Crippen molar-refractivity contribution in [3.05, 3.63) is 47.7 Å². The van der Waals surface area contributed by atoms with Gasteiger partial charge in [-0.2, -0.15) is 0 Å². The molecule has 40 heavy (non-hydrogen) atoms. The standard InChI is InChI=1S/C30H37F2N7O/c1-18(2)39-13-14-40-29-22(31)15-19(16-26(29)39)27-23(32)17-34-30(36-27)35-24-5-6-25(28-21(24)7-10-33-28)38-11-8-20(9-12-38)37(3)4/h5-6,15-18,20,33H,7-14H2,1-4H3,(H,34,35,36). The third kappa shape index (κ3) is 4.89. The number of benzene rings is 2. The van der Waals surface area contributed by atoms with Crippen molar-refractivity contribution in [3.63, 3.8) is 0 Å². The van der Waals surface area contributed by atoms with Crippen molar-refractivity contribution < 1.29 is 13.5 Å². The lowest BCUT2D eigenvalue weighted by Gasteiger charge is -2.37. The van der Waals surface area contributed by atoms with Gasteiger partial charge >= 0.3 is 0 Å². The third-order valence-corrected chi connectivity index (χ3v) is 8.30. The van der Waals surface area contributed by atoms with Gasteiger partial charge in [-0.1, -0.05) is 0 Å². The minimum atomic E-state index is -0.610. The largest absolute Gasteiger partial charge is 0.486 e. The topological polar surface area (TPSA) is 68.8 Å². The fraction of sp³-hybridized carbons (Fsp3) is 0.467. The minimum absolute atomic E-state index is 0.0450. The number of hydrogen-bond acceptors (Lipinski definition) is 8. The molecule has 212 valence electrons. The fourth-order valence-corrected chi connectivity index (χ4v) is 6.13. The summed E-state index contributed by atoms with van der Waals surface area (Å²) in [5.41, 5.74) is 5.42. The Bertz CT molecular complexity index is 1410. The van der Waals surface area contributed by atoms with E-state index >= 15 is 8.78 Å². The van der Waals surface area contributed by atoms with Crippen molar-refractivity contribution in [1.82, 2.24) is 14.9 Å². The lowest BCUT2D eigenvalue weighted by Crippen LogP contribution is -2.42. The van der Waals surface area contributed by atoms with Gasteiger partial charge in [0.1, 0.15) is 12.3 Å². The molecule has 1 fully saturated rings. The molecule has 10 heteroatoms. The van der Waals surface area contributed by atoms with Crippen LogP contribution in [-0.4, -0.2) is 73.8 Å². The van der Waals surface area contributed by atoms with E-state index in [2.05, 4.69) is 61.5 Å². The van der Waals surface area contributed by atoms with Gasteiger partial charge in [-0.25, -0.2) is 18.7 Å². The molecule has 2 aromatic carbocycles. The molecule has 6 rings (SSSR count). The van der Waals surface area contributed by atoms with Crippen molar-refractivity contribution in [2.24, 2.45) is 0 Å². The lowest BCUT2D eigenvalue weighted by molar-refractivity contribution is 0.250.